The normalized spacial score (nSPS) is 20.9. The number of hydrogen-bond donors (Lipinski definition) is 1. The molecular weight excluding hydrogens is 244 g/mol. The van der Waals surface area contributed by atoms with E-state index in [4.69, 9.17) is 5.73 Å². The van der Waals surface area contributed by atoms with Crippen molar-refractivity contribution < 1.29 is 0 Å². The van der Waals surface area contributed by atoms with Crippen LogP contribution in [0.5, 0.6) is 0 Å². The number of nitrogen functional groups attached to an aromatic ring is 1. The Morgan fingerprint density at radius 2 is 1.70 bits per heavy atom. The summed E-state index contributed by atoms with van der Waals surface area (Å²) in [6.45, 7) is 2.10. The average molecular weight is 260 g/mol. The molecule has 98 valence electrons. The highest BCUT2D eigenvalue weighted by atomic mass is 14.7. The fourth-order valence-electron chi connectivity index (χ4n) is 2.42. The van der Waals surface area contributed by atoms with E-state index in [0.717, 1.165) is 27.4 Å². The molecule has 1 heterocycles. The van der Waals surface area contributed by atoms with Crippen LogP contribution in [0.1, 0.15) is 6.92 Å². The van der Waals surface area contributed by atoms with Crippen LogP contribution >= 0.6 is 0 Å². The minimum atomic E-state index is 0.773. The molecule has 0 unspecified atom stereocenters. The van der Waals surface area contributed by atoms with Crippen molar-refractivity contribution in [3.05, 3.63) is 77.5 Å². The van der Waals surface area contributed by atoms with E-state index in [1.807, 2.05) is 42.6 Å². The van der Waals surface area contributed by atoms with E-state index in [2.05, 4.69) is 36.2 Å². The number of hydrogen-bond acceptors (Lipinski definition) is 2. The lowest BCUT2D eigenvalue weighted by molar-refractivity contribution is 1.29. The van der Waals surface area contributed by atoms with Crippen molar-refractivity contribution in [2.24, 2.45) is 4.99 Å². The molecule has 0 spiro atoms. The highest BCUT2D eigenvalue weighted by Gasteiger charge is 2.06. The van der Waals surface area contributed by atoms with Crippen molar-refractivity contribution in [2.75, 3.05) is 5.73 Å². The Hall–Kier alpha value is -2.61. The summed E-state index contributed by atoms with van der Waals surface area (Å²) in [4.78, 5) is 4.61. The summed E-state index contributed by atoms with van der Waals surface area (Å²) in [5.74, 6) is 0. The van der Waals surface area contributed by atoms with Crippen molar-refractivity contribution >= 4 is 11.3 Å². The second kappa shape index (κ2) is 5.17. The molecule has 2 aromatic carbocycles. The lowest BCUT2D eigenvalue weighted by atomic mass is 10.0. The molecule has 2 N–H and O–H groups in total. The van der Waals surface area contributed by atoms with Gasteiger partial charge in [-0.15, -0.1) is 0 Å². The molecular formula is C18H16N2. The van der Waals surface area contributed by atoms with Crippen molar-refractivity contribution in [1.29, 1.82) is 0 Å². The van der Waals surface area contributed by atoms with E-state index in [9.17, 15) is 0 Å². The van der Waals surface area contributed by atoms with E-state index in [-0.39, 0.29) is 0 Å². The first kappa shape index (κ1) is 12.4. The van der Waals surface area contributed by atoms with Gasteiger partial charge in [0.15, 0.2) is 0 Å². The lowest BCUT2D eigenvalue weighted by Gasteiger charge is -2.07. The number of fused-ring (bicyclic) bond motifs is 1. The third-order valence-electron chi connectivity index (χ3n) is 3.46. The molecule has 0 amide bonds. The Labute approximate surface area is 118 Å². The first-order valence-corrected chi connectivity index (χ1v) is 6.63. The van der Waals surface area contributed by atoms with Gasteiger partial charge in [0, 0.05) is 28.2 Å². The van der Waals surface area contributed by atoms with Gasteiger partial charge in [-0.3, -0.25) is 4.99 Å². The van der Waals surface area contributed by atoms with Gasteiger partial charge in [-0.1, -0.05) is 48.6 Å². The van der Waals surface area contributed by atoms with Crippen LogP contribution in [-0.2, 0) is 0 Å². The minimum Gasteiger partial charge on any atom is -0.398 e. The average Bonchev–Trinajstić information content (AvgIpc) is 2.45. The lowest BCUT2D eigenvalue weighted by Crippen LogP contribution is -2.28. The molecule has 0 aromatic heterocycles. The van der Waals surface area contributed by atoms with Gasteiger partial charge in [0.1, 0.15) is 0 Å². The topological polar surface area (TPSA) is 38.4 Å². The van der Waals surface area contributed by atoms with Crippen LogP contribution in [0, 0.1) is 0 Å². The molecule has 0 saturated carbocycles. The van der Waals surface area contributed by atoms with Gasteiger partial charge in [-0.25, -0.2) is 0 Å². The van der Waals surface area contributed by atoms with Crippen LogP contribution < -0.4 is 16.3 Å². The SMILES string of the molecule is CC1=c2/cccc(-c3ccccc3N)/c2=N/C=C/C=C\1. The zero-order valence-electron chi connectivity index (χ0n) is 11.4. The number of benzene rings is 2. The summed E-state index contributed by atoms with van der Waals surface area (Å²) in [6.07, 6.45) is 7.87. The van der Waals surface area contributed by atoms with Crippen molar-refractivity contribution in [3.8, 4) is 11.1 Å². The van der Waals surface area contributed by atoms with Crippen LogP contribution in [0.3, 0.4) is 0 Å². The largest absolute Gasteiger partial charge is 0.398 e. The van der Waals surface area contributed by atoms with Gasteiger partial charge >= 0.3 is 0 Å². The number of rotatable bonds is 1. The number of para-hydroxylation sites is 2. The smallest absolute Gasteiger partial charge is 0.0783 e. The molecule has 20 heavy (non-hydrogen) atoms. The van der Waals surface area contributed by atoms with Crippen LogP contribution in [0.15, 0.2) is 71.9 Å². The van der Waals surface area contributed by atoms with Crippen molar-refractivity contribution in [3.63, 3.8) is 0 Å². The Balaban J connectivity index is 2.42. The second-order valence-corrected chi connectivity index (χ2v) is 4.80. The molecule has 2 nitrogen and oxygen atoms in total. The fourth-order valence-corrected chi connectivity index (χ4v) is 2.42. The zero-order valence-corrected chi connectivity index (χ0v) is 11.4. The molecule has 2 heteroatoms. The molecule has 0 fully saturated rings. The van der Waals surface area contributed by atoms with Gasteiger partial charge in [-0.05, 0) is 24.6 Å². The van der Waals surface area contributed by atoms with Gasteiger partial charge in [0.2, 0.25) is 0 Å². The summed E-state index contributed by atoms with van der Waals surface area (Å²) < 4.78 is 0. The second-order valence-electron chi connectivity index (χ2n) is 4.80. The van der Waals surface area contributed by atoms with E-state index in [0.29, 0.717) is 0 Å². The van der Waals surface area contributed by atoms with Crippen molar-refractivity contribution in [1.82, 2.24) is 0 Å². The van der Waals surface area contributed by atoms with Gasteiger partial charge in [0.05, 0.1) is 5.36 Å². The highest BCUT2D eigenvalue weighted by Crippen LogP contribution is 2.21. The van der Waals surface area contributed by atoms with Gasteiger partial charge in [0.25, 0.3) is 0 Å². The van der Waals surface area contributed by atoms with Crippen LogP contribution in [-0.4, -0.2) is 0 Å². The van der Waals surface area contributed by atoms with Crippen LogP contribution in [0.4, 0.5) is 5.69 Å². The summed E-state index contributed by atoms with van der Waals surface area (Å²) in [6, 6.07) is 14.1. The van der Waals surface area contributed by atoms with E-state index in [1.165, 1.54) is 5.57 Å². The summed E-state index contributed by atoms with van der Waals surface area (Å²) in [5, 5.41) is 2.12. The third-order valence-corrected chi connectivity index (χ3v) is 3.46. The number of allylic oxidation sites excluding steroid dienone is 3. The first-order valence-electron chi connectivity index (χ1n) is 6.63. The Kier molecular flexibility index (Phi) is 3.21. The van der Waals surface area contributed by atoms with Crippen LogP contribution in [0.2, 0.25) is 0 Å². The molecule has 1 aliphatic heterocycles. The maximum atomic E-state index is 6.11. The Morgan fingerprint density at radius 3 is 2.55 bits per heavy atom. The van der Waals surface area contributed by atoms with E-state index < -0.39 is 0 Å². The number of nitrogens with two attached hydrogens (primary N) is 1. The number of nitrogens with zero attached hydrogens (tertiary/aromatic N) is 1. The molecule has 0 saturated heterocycles. The molecule has 0 radical (unpaired) electrons. The predicted octanol–water partition coefficient (Wildman–Crippen LogP) is 2.81. The van der Waals surface area contributed by atoms with Gasteiger partial charge < -0.3 is 5.73 Å². The fraction of sp³-hybridized carbons (Fsp3) is 0.0556. The quantitative estimate of drug-likeness (QED) is 0.787. The molecule has 0 bridgehead atoms. The van der Waals surface area contributed by atoms with Crippen molar-refractivity contribution in [2.45, 2.75) is 6.92 Å². The van der Waals surface area contributed by atoms with E-state index in [1.54, 1.807) is 0 Å². The number of anilines is 1. The van der Waals surface area contributed by atoms with E-state index >= 15 is 0 Å². The monoisotopic (exact) mass is 260 g/mol. The third kappa shape index (κ3) is 2.16. The molecule has 1 aliphatic rings. The standard InChI is InChI=1S/C18H16N2/c1-13-7-4-5-12-20-18-14(13)9-6-10-16(18)15-8-2-3-11-17(15)19/h2-12H,19H2,1H3/b5-4?,7-4-,12-5+,13-7?,14-13+,20-12?,20-18+. The Bertz CT molecular complexity index is 827. The van der Waals surface area contributed by atoms with Crippen LogP contribution in [0.25, 0.3) is 16.7 Å². The molecule has 2 aromatic rings. The predicted molar refractivity (Wildman–Crippen MR) is 84.4 cm³/mol. The highest BCUT2D eigenvalue weighted by molar-refractivity contribution is 5.76. The molecule has 0 aliphatic carbocycles. The first-order chi connectivity index (χ1) is 9.77. The maximum Gasteiger partial charge on any atom is 0.0783 e. The summed E-state index contributed by atoms with van der Waals surface area (Å²) >= 11 is 0. The summed E-state index contributed by atoms with van der Waals surface area (Å²) in [5.41, 5.74) is 10.2. The zero-order chi connectivity index (χ0) is 13.9. The maximum absolute atomic E-state index is 6.11. The molecule has 3 rings (SSSR count). The summed E-state index contributed by atoms with van der Waals surface area (Å²) in [7, 11) is 0. The minimum absolute atomic E-state index is 0.773. The molecule has 0 atom stereocenters. The Morgan fingerprint density at radius 1 is 0.900 bits per heavy atom. The van der Waals surface area contributed by atoms with Gasteiger partial charge in [-0.2, -0.15) is 0 Å².